The molecule has 0 bridgehead atoms. The fourth-order valence-corrected chi connectivity index (χ4v) is 2.99. The zero-order valence-electron chi connectivity index (χ0n) is 10.6. The van der Waals surface area contributed by atoms with Crippen LogP contribution in [-0.2, 0) is 23.1 Å². The Bertz CT molecular complexity index is 264. The zero-order chi connectivity index (χ0) is 12.6. The molecule has 0 saturated carbocycles. The Balaban J connectivity index is 5.18. The third kappa shape index (κ3) is 4.26. The fourth-order valence-electron chi connectivity index (χ4n) is 1.16. The number of methoxy groups -OCH3 is 2. The zero-order valence-corrected chi connectivity index (χ0v) is 11.5. The Labute approximate surface area is 97.3 Å². The van der Waals surface area contributed by atoms with Crippen molar-refractivity contribution in [2.75, 3.05) is 34.0 Å². The largest absolute Gasteiger partial charge is 0.501 e. The van der Waals surface area contributed by atoms with Gasteiger partial charge in [-0.05, 0) is 20.8 Å². The summed E-state index contributed by atoms with van der Waals surface area (Å²) in [5, 5.41) is 0.432. The topological polar surface area (TPSA) is 54.0 Å². The van der Waals surface area contributed by atoms with Crippen LogP contribution in [-0.4, -0.2) is 34.0 Å². The van der Waals surface area contributed by atoms with Gasteiger partial charge < -0.3 is 18.5 Å². The Hall–Kier alpha value is -0.350. The van der Waals surface area contributed by atoms with Crippen molar-refractivity contribution in [1.82, 2.24) is 0 Å². The molecule has 5 nitrogen and oxygen atoms in total. The first-order chi connectivity index (χ1) is 7.55. The molecule has 0 aromatic carbocycles. The van der Waals surface area contributed by atoms with Gasteiger partial charge in [0.15, 0.2) is 0 Å². The summed E-state index contributed by atoms with van der Waals surface area (Å²) in [6, 6.07) is 0. The van der Waals surface area contributed by atoms with Crippen molar-refractivity contribution in [3.05, 3.63) is 11.1 Å². The monoisotopic (exact) mass is 252 g/mol. The van der Waals surface area contributed by atoms with E-state index in [0.29, 0.717) is 24.3 Å². The first kappa shape index (κ1) is 15.7. The van der Waals surface area contributed by atoms with E-state index in [1.165, 1.54) is 14.2 Å². The summed E-state index contributed by atoms with van der Waals surface area (Å²) in [5.41, 5.74) is 0. The van der Waals surface area contributed by atoms with Crippen molar-refractivity contribution < 1.29 is 23.1 Å². The minimum atomic E-state index is -3.29. The van der Waals surface area contributed by atoms with Crippen LogP contribution in [0.1, 0.15) is 20.8 Å². The van der Waals surface area contributed by atoms with Crippen LogP contribution in [0.25, 0.3) is 0 Å². The van der Waals surface area contributed by atoms with Crippen molar-refractivity contribution in [3.8, 4) is 0 Å². The number of hydrogen-bond donors (Lipinski definition) is 0. The lowest BCUT2D eigenvalue weighted by molar-refractivity contribution is 0.193. The molecule has 0 amide bonds. The van der Waals surface area contributed by atoms with Crippen molar-refractivity contribution >= 4 is 7.60 Å². The molecule has 0 aliphatic carbocycles. The molecule has 0 unspecified atom stereocenters. The summed E-state index contributed by atoms with van der Waals surface area (Å²) >= 11 is 0. The maximum absolute atomic E-state index is 12.4. The van der Waals surface area contributed by atoms with Gasteiger partial charge >= 0.3 is 7.60 Å². The normalized spacial score (nSPS) is 13.6. The lowest BCUT2D eigenvalue weighted by atomic mass is 10.5. The van der Waals surface area contributed by atoms with Crippen LogP contribution in [0.3, 0.4) is 0 Å². The quantitative estimate of drug-likeness (QED) is 0.491. The fraction of sp³-hybridized carbons (Fsp3) is 0.800. The Morgan fingerprint density at radius 3 is 1.94 bits per heavy atom. The molecule has 0 rings (SSSR count). The highest BCUT2D eigenvalue weighted by Crippen LogP contribution is 2.57. The number of rotatable bonds is 8. The van der Waals surface area contributed by atoms with E-state index in [4.69, 9.17) is 18.5 Å². The molecule has 0 aliphatic heterocycles. The Morgan fingerprint density at radius 1 is 1.12 bits per heavy atom. The second-order valence-electron chi connectivity index (χ2n) is 2.97. The van der Waals surface area contributed by atoms with E-state index < -0.39 is 7.60 Å². The van der Waals surface area contributed by atoms with Gasteiger partial charge in [-0.1, -0.05) is 0 Å². The van der Waals surface area contributed by atoms with E-state index in [1.54, 1.807) is 20.8 Å². The molecule has 16 heavy (non-hydrogen) atoms. The second kappa shape index (κ2) is 7.85. The van der Waals surface area contributed by atoms with Crippen LogP contribution in [0, 0.1) is 0 Å². The Morgan fingerprint density at radius 2 is 1.62 bits per heavy atom. The number of ether oxygens (including phenoxy) is 2. The van der Waals surface area contributed by atoms with E-state index in [0.717, 1.165) is 0 Å². The molecule has 0 fully saturated rings. The van der Waals surface area contributed by atoms with Crippen molar-refractivity contribution in [3.63, 3.8) is 0 Å². The lowest BCUT2D eigenvalue weighted by Gasteiger charge is -2.21. The highest BCUT2D eigenvalue weighted by molar-refractivity contribution is 7.58. The molecule has 0 radical (unpaired) electrons. The van der Waals surface area contributed by atoms with Gasteiger partial charge in [-0.3, -0.25) is 4.57 Å². The predicted octanol–water partition coefficient (Wildman–Crippen LogP) is 2.78. The van der Waals surface area contributed by atoms with Gasteiger partial charge in [0.25, 0.3) is 0 Å². The van der Waals surface area contributed by atoms with Crippen molar-refractivity contribution in [2.24, 2.45) is 0 Å². The maximum atomic E-state index is 12.4. The minimum Gasteiger partial charge on any atom is -0.501 e. The van der Waals surface area contributed by atoms with Gasteiger partial charge in [-0.25, -0.2) is 0 Å². The third-order valence-electron chi connectivity index (χ3n) is 1.92. The van der Waals surface area contributed by atoms with Gasteiger partial charge in [0.05, 0.1) is 26.9 Å². The molecule has 0 spiro atoms. The summed E-state index contributed by atoms with van der Waals surface area (Å²) in [7, 11) is -0.263. The summed E-state index contributed by atoms with van der Waals surface area (Å²) in [5.74, 6) is 0.507. The molecule has 6 heteroatoms. The SMILES string of the molecule is CCOP(=O)(OCC)/C(COC)=C(\C)OC. The van der Waals surface area contributed by atoms with E-state index >= 15 is 0 Å². The molecule has 96 valence electrons. The van der Waals surface area contributed by atoms with Gasteiger partial charge in [0.2, 0.25) is 0 Å². The van der Waals surface area contributed by atoms with Crippen LogP contribution >= 0.6 is 7.60 Å². The van der Waals surface area contributed by atoms with E-state index in [1.807, 2.05) is 0 Å². The van der Waals surface area contributed by atoms with E-state index in [2.05, 4.69) is 0 Å². The molecular weight excluding hydrogens is 231 g/mol. The molecule has 0 atom stereocenters. The second-order valence-corrected chi connectivity index (χ2v) is 5.02. The highest BCUT2D eigenvalue weighted by Gasteiger charge is 2.32. The first-order valence-electron chi connectivity index (χ1n) is 5.18. The molecular formula is C10H21O5P. The highest BCUT2D eigenvalue weighted by atomic mass is 31.2. The maximum Gasteiger partial charge on any atom is 0.363 e. The van der Waals surface area contributed by atoms with Gasteiger partial charge in [-0.15, -0.1) is 0 Å². The molecule has 0 saturated heterocycles. The minimum absolute atomic E-state index is 0.164. The van der Waals surface area contributed by atoms with Gasteiger partial charge in [0, 0.05) is 7.11 Å². The van der Waals surface area contributed by atoms with Crippen LogP contribution < -0.4 is 0 Å². The third-order valence-corrected chi connectivity index (χ3v) is 4.22. The molecule has 0 aromatic rings. The average Bonchev–Trinajstić information content (AvgIpc) is 2.25. The summed E-state index contributed by atoms with van der Waals surface area (Å²) in [4.78, 5) is 0. The van der Waals surface area contributed by atoms with Crippen LogP contribution in [0.15, 0.2) is 11.1 Å². The summed E-state index contributed by atoms with van der Waals surface area (Å²) < 4.78 is 33.0. The number of hydrogen-bond acceptors (Lipinski definition) is 5. The van der Waals surface area contributed by atoms with E-state index in [-0.39, 0.29) is 6.61 Å². The molecule has 0 heterocycles. The van der Waals surface area contributed by atoms with Crippen LogP contribution in [0.2, 0.25) is 0 Å². The predicted molar refractivity (Wildman–Crippen MR) is 62.4 cm³/mol. The van der Waals surface area contributed by atoms with Crippen LogP contribution in [0.4, 0.5) is 0 Å². The summed E-state index contributed by atoms with van der Waals surface area (Å²) in [6.07, 6.45) is 0. The Kier molecular flexibility index (Phi) is 7.68. The first-order valence-corrected chi connectivity index (χ1v) is 6.72. The molecule has 0 aliphatic rings. The lowest BCUT2D eigenvalue weighted by Crippen LogP contribution is -2.06. The molecule has 0 N–H and O–H groups in total. The van der Waals surface area contributed by atoms with Gasteiger partial charge in [0.1, 0.15) is 11.1 Å². The van der Waals surface area contributed by atoms with Crippen molar-refractivity contribution in [1.29, 1.82) is 0 Å². The van der Waals surface area contributed by atoms with Crippen LogP contribution in [0.5, 0.6) is 0 Å². The summed E-state index contributed by atoms with van der Waals surface area (Å²) in [6.45, 7) is 6.01. The average molecular weight is 252 g/mol. The standard InChI is InChI=1S/C10H21O5P/c1-6-14-16(11,15-7-2)10(8-12-4)9(3)13-5/h6-8H2,1-5H3/b10-9+. The molecule has 0 aromatic heterocycles. The van der Waals surface area contributed by atoms with Gasteiger partial charge in [-0.2, -0.15) is 0 Å². The number of allylic oxidation sites excluding steroid dienone is 1. The van der Waals surface area contributed by atoms with E-state index in [9.17, 15) is 4.57 Å². The van der Waals surface area contributed by atoms with Crippen molar-refractivity contribution in [2.45, 2.75) is 20.8 Å². The smallest absolute Gasteiger partial charge is 0.363 e.